The molecule has 23 heavy (non-hydrogen) atoms. The first-order valence-electron chi connectivity index (χ1n) is 8.52. The SMILES string of the molecule is CC1=CC2CC2(CCNC(=O)NCCc2ccc(C)cc2)C=C1. The summed E-state index contributed by atoms with van der Waals surface area (Å²) in [5, 5.41) is 5.92. The summed E-state index contributed by atoms with van der Waals surface area (Å²) in [6.07, 6.45) is 10.0. The zero-order valence-electron chi connectivity index (χ0n) is 14.1. The fraction of sp³-hybridized carbons (Fsp3) is 0.450. The molecule has 122 valence electrons. The summed E-state index contributed by atoms with van der Waals surface area (Å²) in [6, 6.07) is 8.39. The van der Waals surface area contributed by atoms with E-state index in [1.54, 1.807) is 0 Å². The molecule has 2 aliphatic carbocycles. The molecule has 2 atom stereocenters. The van der Waals surface area contributed by atoms with Gasteiger partial charge in [-0.05, 0) is 50.0 Å². The minimum atomic E-state index is -0.0581. The second kappa shape index (κ2) is 6.61. The summed E-state index contributed by atoms with van der Waals surface area (Å²) in [4.78, 5) is 11.8. The molecular weight excluding hydrogens is 284 g/mol. The van der Waals surface area contributed by atoms with Gasteiger partial charge in [-0.25, -0.2) is 4.79 Å². The van der Waals surface area contributed by atoms with E-state index in [-0.39, 0.29) is 6.03 Å². The van der Waals surface area contributed by atoms with Crippen LogP contribution in [0.25, 0.3) is 0 Å². The molecule has 2 amide bonds. The van der Waals surface area contributed by atoms with Crippen LogP contribution in [-0.4, -0.2) is 19.1 Å². The molecule has 0 aromatic heterocycles. The number of carbonyl (C=O) groups is 1. The van der Waals surface area contributed by atoms with Gasteiger partial charge in [0.15, 0.2) is 0 Å². The molecule has 3 nitrogen and oxygen atoms in total. The summed E-state index contributed by atoms with van der Waals surface area (Å²) in [6.45, 7) is 5.64. The summed E-state index contributed by atoms with van der Waals surface area (Å²) in [7, 11) is 0. The van der Waals surface area contributed by atoms with Crippen LogP contribution in [0.3, 0.4) is 0 Å². The number of allylic oxidation sites excluding steroid dienone is 4. The molecule has 0 radical (unpaired) electrons. The molecular formula is C20H26N2O. The Kier molecular flexibility index (Phi) is 4.56. The van der Waals surface area contributed by atoms with E-state index in [0.29, 0.717) is 17.9 Å². The lowest BCUT2D eigenvalue weighted by molar-refractivity contribution is 0.240. The van der Waals surface area contributed by atoms with Crippen LogP contribution >= 0.6 is 0 Å². The van der Waals surface area contributed by atoms with E-state index in [4.69, 9.17) is 0 Å². The van der Waals surface area contributed by atoms with E-state index >= 15 is 0 Å². The van der Waals surface area contributed by atoms with Crippen molar-refractivity contribution in [2.24, 2.45) is 11.3 Å². The Labute approximate surface area is 138 Å². The van der Waals surface area contributed by atoms with Crippen LogP contribution in [0.4, 0.5) is 4.79 Å². The minimum absolute atomic E-state index is 0.0581. The number of hydrogen-bond donors (Lipinski definition) is 2. The lowest BCUT2D eigenvalue weighted by Crippen LogP contribution is -2.37. The standard InChI is InChI=1S/C20H26N2O/c1-15-3-5-17(6-4-15)8-11-21-19(23)22-12-10-20-9-7-16(2)13-18(20)14-20/h3-7,9,13,18H,8,10-12,14H2,1-2H3,(H2,21,22,23). The van der Waals surface area contributed by atoms with Crippen molar-refractivity contribution < 1.29 is 4.79 Å². The van der Waals surface area contributed by atoms with Crippen molar-refractivity contribution in [1.29, 1.82) is 0 Å². The van der Waals surface area contributed by atoms with Gasteiger partial charge in [-0.1, -0.05) is 53.6 Å². The highest BCUT2D eigenvalue weighted by Gasteiger charge is 2.51. The summed E-state index contributed by atoms with van der Waals surface area (Å²) in [5.74, 6) is 0.693. The fourth-order valence-corrected chi connectivity index (χ4v) is 3.35. The van der Waals surface area contributed by atoms with Crippen LogP contribution in [-0.2, 0) is 6.42 Å². The molecule has 0 bridgehead atoms. The molecule has 0 heterocycles. The maximum atomic E-state index is 11.8. The van der Waals surface area contributed by atoms with Gasteiger partial charge in [0, 0.05) is 13.1 Å². The van der Waals surface area contributed by atoms with Crippen molar-refractivity contribution >= 4 is 6.03 Å². The highest BCUT2D eigenvalue weighted by molar-refractivity contribution is 5.73. The zero-order chi connectivity index (χ0) is 16.3. The number of urea groups is 1. The highest BCUT2D eigenvalue weighted by Crippen LogP contribution is 2.59. The molecule has 1 fully saturated rings. The van der Waals surface area contributed by atoms with Crippen molar-refractivity contribution in [3.05, 3.63) is 59.2 Å². The van der Waals surface area contributed by atoms with Crippen LogP contribution in [0, 0.1) is 18.3 Å². The van der Waals surface area contributed by atoms with E-state index in [1.165, 1.54) is 23.1 Å². The van der Waals surface area contributed by atoms with Crippen molar-refractivity contribution in [2.75, 3.05) is 13.1 Å². The Hall–Kier alpha value is -2.03. The van der Waals surface area contributed by atoms with Crippen LogP contribution in [0.1, 0.15) is 30.9 Å². The topological polar surface area (TPSA) is 41.1 Å². The molecule has 0 saturated heterocycles. The second-order valence-corrected chi connectivity index (χ2v) is 6.96. The number of hydrogen-bond acceptors (Lipinski definition) is 1. The van der Waals surface area contributed by atoms with Gasteiger partial charge in [-0.15, -0.1) is 0 Å². The van der Waals surface area contributed by atoms with Crippen LogP contribution in [0.2, 0.25) is 0 Å². The summed E-state index contributed by atoms with van der Waals surface area (Å²) in [5.41, 5.74) is 4.21. The third kappa shape index (κ3) is 4.04. The molecule has 1 aromatic rings. The van der Waals surface area contributed by atoms with Gasteiger partial charge in [0.25, 0.3) is 0 Å². The normalized spacial score (nSPS) is 24.6. The Bertz CT molecular complexity index is 630. The fourth-order valence-electron chi connectivity index (χ4n) is 3.35. The average Bonchev–Trinajstić information content (AvgIpc) is 3.23. The van der Waals surface area contributed by atoms with E-state index < -0.39 is 0 Å². The predicted molar refractivity (Wildman–Crippen MR) is 94.3 cm³/mol. The van der Waals surface area contributed by atoms with Crippen molar-refractivity contribution in [3.63, 3.8) is 0 Å². The predicted octanol–water partition coefficient (Wildman–Crippen LogP) is 3.75. The molecule has 1 aromatic carbocycles. The summed E-state index contributed by atoms with van der Waals surface area (Å²) < 4.78 is 0. The molecule has 2 unspecified atom stereocenters. The first-order chi connectivity index (χ1) is 11.1. The monoisotopic (exact) mass is 310 g/mol. The van der Waals surface area contributed by atoms with Gasteiger partial charge in [0.05, 0.1) is 0 Å². The largest absolute Gasteiger partial charge is 0.338 e. The van der Waals surface area contributed by atoms with Gasteiger partial charge < -0.3 is 10.6 Å². The van der Waals surface area contributed by atoms with E-state index in [9.17, 15) is 4.79 Å². The van der Waals surface area contributed by atoms with Gasteiger partial charge in [-0.3, -0.25) is 0 Å². The number of nitrogens with one attached hydrogen (secondary N) is 2. The Morgan fingerprint density at radius 2 is 1.91 bits per heavy atom. The number of amides is 2. The molecule has 0 spiro atoms. The zero-order valence-corrected chi connectivity index (χ0v) is 14.1. The minimum Gasteiger partial charge on any atom is -0.338 e. The first-order valence-corrected chi connectivity index (χ1v) is 8.52. The van der Waals surface area contributed by atoms with Gasteiger partial charge in [0.2, 0.25) is 0 Å². The lowest BCUT2D eigenvalue weighted by atomic mass is 9.93. The average molecular weight is 310 g/mol. The lowest BCUT2D eigenvalue weighted by Gasteiger charge is -2.16. The summed E-state index contributed by atoms with van der Waals surface area (Å²) >= 11 is 0. The number of fused-ring (bicyclic) bond motifs is 1. The Morgan fingerprint density at radius 3 is 2.65 bits per heavy atom. The maximum absolute atomic E-state index is 11.8. The third-order valence-electron chi connectivity index (χ3n) is 5.02. The van der Waals surface area contributed by atoms with Crippen LogP contribution in [0.5, 0.6) is 0 Å². The maximum Gasteiger partial charge on any atom is 0.314 e. The van der Waals surface area contributed by atoms with E-state index in [0.717, 1.165) is 19.4 Å². The second-order valence-electron chi connectivity index (χ2n) is 6.96. The number of rotatable bonds is 6. The smallest absolute Gasteiger partial charge is 0.314 e. The van der Waals surface area contributed by atoms with Crippen molar-refractivity contribution in [2.45, 2.75) is 33.1 Å². The Morgan fingerprint density at radius 1 is 1.17 bits per heavy atom. The Balaban J connectivity index is 1.32. The highest BCUT2D eigenvalue weighted by atomic mass is 16.2. The van der Waals surface area contributed by atoms with Crippen LogP contribution in [0.15, 0.2) is 48.1 Å². The van der Waals surface area contributed by atoms with E-state index in [2.05, 4.69) is 67.0 Å². The first kappa shape index (κ1) is 15.9. The van der Waals surface area contributed by atoms with E-state index in [1.807, 2.05) is 0 Å². The van der Waals surface area contributed by atoms with Crippen molar-refractivity contribution in [3.8, 4) is 0 Å². The van der Waals surface area contributed by atoms with Crippen LogP contribution < -0.4 is 10.6 Å². The van der Waals surface area contributed by atoms with Gasteiger partial charge >= 0.3 is 6.03 Å². The molecule has 3 heteroatoms. The molecule has 2 N–H and O–H groups in total. The quantitative estimate of drug-likeness (QED) is 0.825. The third-order valence-corrected chi connectivity index (χ3v) is 5.02. The number of benzene rings is 1. The molecule has 3 rings (SSSR count). The number of carbonyl (C=O) groups excluding carboxylic acids is 1. The van der Waals surface area contributed by atoms with Gasteiger partial charge in [0.1, 0.15) is 0 Å². The van der Waals surface area contributed by atoms with Crippen molar-refractivity contribution in [1.82, 2.24) is 10.6 Å². The molecule has 2 aliphatic rings. The molecule has 0 aliphatic heterocycles. The molecule has 1 saturated carbocycles. The number of aryl methyl sites for hydroxylation is 1. The van der Waals surface area contributed by atoms with Gasteiger partial charge in [-0.2, -0.15) is 0 Å².